The van der Waals surface area contributed by atoms with E-state index in [-0.39, 0.29) is 11.9 Å². The molecule has 1 N–H and O–H groups in total. The maximum Gasteiger partial charge on any atom is 0.573 e. The summed E-state index contributed by atoms with van der Waals surface area (Å²) < 4.78 is 44.6. The van der Waals surface area contributed by atoms with E-state index in [0.717, 1.165) is 5.56 Å². The molecule has 0 aliphatic rings. The molecule has 1 atom stereocenters. The van der Waals surface area contributed by atoms with Gasteiger partial charge in [-0.05, 0) is 24.6 Å². The first-order valence-corrected chi connectivity index (χ1v) is 5.49. The Morgan fingerprint density at radius 3 is 2.33 bits per heavy atom. The van der Waals surface area contributed by atoms with Crippen molar-refractivity contribution in [3.05, 3.63) is 29.8 Å². The minimum absolute atomic E-state index is 0.0952. The molecule has 0 aliphatic carbocycles. The molecule has 0 spiro atoms. The molecule has 0 fully saturated rings. The van der Waals surface area contributed by atoms with Gasteiger partial charge in [0, 0.05) is 20.2 Å². The third kappa shape index (κ3) is 5.88. The third-order valence-electron chi connectivity index (χ3n) is 2.32. The molecule has 1 aromatic rings. The predicted octanol–water partition coefficient (Wildman–Crippen LogP) is 2.71. The highest BCUT2D eigenvalue weighted by atomic mass is 19.4. The van der Waals surface area contributed by atoms with Crippen LogP contribution in [-0.4, -0.2) is 26.1 Å². The van der Waals surface area contributed by atoms with Crippen LogP contribution in [0.3, 0.4) is 0 Å². The summed E-state index contributed by atoms with van der Waals surface area (Å²) in [5.74, 6) is -0.212. The Labute approximate surface area is 104 Å². The number of methoxy groups -OCH3 is 1. The maximum atomic E-state index is 11.9. The van der Waals surface area contributed by atoms with Crippen LogP contribution in [0.2, 0.25) is 0 Å². The van der Waals surface area contributed by atoms with Gasteiger partial charge in [0.25, 0.3) is 0 Å². The Morgan fingerprint density at radius 2 is 1.83 bits per heavy atom. The van der Waals surface area contributed by atoms with E-state index in [4.69, 9.17) is 4.74 Å². The summed E-state index contributed by atoms with van der Waals surface area (Å²) in [7, 11) is 1.62. The van der Waals surface area contributed by atoms with Gasteiger partial charge in [0.05, 0.1) is 6.10 Å². The normalized spacial score (nSPS) is 13.4. The Bertz CT molecular complexity index is 351. The van der Waals surface area contributed by atoms with Gasteiger partial charge in [0.1, 0.15) is 5.75 Å². The summed E-state index contributed by atoms with van der Waals surface area (Å²) in [5, 5.41) is 3.13. The molecular weight excluding hydrogens is 247 g/mol. The Balaban J connectivity index is 2.41. The summed E-state index contributed by atoms with van der Waals surface area (Å²) >= 11 is 0. The van der Waals surface area contributed by atoms with Crippen molar-refractivity contribution in [1.82, 2.24) is 5.32 Å². The van der Waals surface area contributed by atoms with Crippen molar-refractivity contribution in [1.29, 1.82) is 0 Å². The van der Waals surface area contributed by atoms with Crippen LogP contribution in [0.25, 0.3) is 0 Å². The number of nitrogens with one attached hydrogen (secondary N) is 1. The molecule has 1 unspecified atom stereocenters. The van der Waals surface area contributed by atoms with Crippen LogP contribution in [0.5, 0.6) is 5.75 Å². The number of halogens is 3. The van der Waals surface area contributed by atoms with E-state index in [1.54, 1.807) is 19.2 Å². The van der Waals surface area contributed by atoms with E-state index >= 15 is 0 Å². The molecular formula is C12H16F3NO2. The van der Waals surface area contributed by atoms with Gasteiger partial charge in [-0.1, -0.05) is 12.1 Å². The topological polar surface area (TPSA) is 30.5 Å². The van der Waals surface area contributed by atoms with E-state index < -0.39 is 6.36 Å². The molecule has 0 radical (unpaired) electrons. The Kier molecular flexibility index (Phi) is 5.43. The maximum absolute atomic E-state index is 11.9. The number of benzene rings is 1. The average molecular weight is 263 g/mol. The molecule has 0 heterocycles. The molecule has 102 valence electrons. The smallest absolute Gasteiger partial charge is 0.406 e. The molecule has 6 heteroatoms. The second kappa shape index (κ2) is 6.61. The number of ether oxygens (including phenoxy) is 2. The van der Waals surface area contributed by atoms with Crippen LogP contribution in [0.4, 0.5) is 13.2 Å². The van der Waals surface area contributed by atoms with Gasteiger partial charge in [0.2, 0.25) is 0 Å². The fraction of sp³-hybridized carbons (Fsp3) is 0.500. The molecule has 18 heavy (non-hydrogen) atoms. The van der Waals surface area contributed by atoms with Gasteiger partial charge < -0.3 is 14.8 Å². The van der Waals surface area contributed by atoms with Crippen LogP contribution in [0, 0.1) is 0 Å². The molecule has 0 saturated carbocycles. The Morgan fingerprint density at radius 1 is 1.22 bits per heavy atom. The first-order chi connectivity index (χ1) is 8.40. The van der Waals surface area contributed by atoms with Crippen molar-refractivity contribution >= 4 is 0 Å². The van der Waals surface area contributed by atoms with E-state index in [0.29, 0.717) is 13.1 Å². The summed E-state index contributed by atoms with van der Waals surface area (Å²) in [4.78, 5) is 0. The van der Waals surface area contributed by atoms with Crippen molar-refractivity contribution in [2.75, 3.05) is 13.7 Å². The first-order valence-electron chi connectivity index (χ1n) is 5.49. The summed E-state index contributed by atoms with van der Waals surface area (Å²) in [5.41, 5.74) is 0.882. The van der Waals surface area contributed by atoms with Crippen LogP contribution < -0.4 is 10.1 Å². The molecule has 0 aromatic heterocycles. The van der Waals surface area contributed by atoms with E-state index in [9.17, 15) is 13.2 Å². The summed E-state index contributed by atoms with van der Waals surface area (Å²) in [6.45, 7) is 3.17. The van der Waals surface area contributed by atoms with Crippen LogP contribution in [-0.2, 0) is 11.3 Å². The minimum Gasteiger partial charge on any atom is -0.406 e. The lowest BCUT2D eigenvalue weighted by Crippen LogP contribution is -2.25. The zero-order valence-corrected chi connectivity index (χ0v) is 10.3. The second-order valence-corrected chi connectivity index (χ2v) is 3.87. The lowest BCUT2D eigenvalue weighted by atomic mass is 10.2. The first kappa shape index (κ1) is 14.8. The monoisotopic (exact) mass is 263 g/mol. The van der Waals surface area contributed by atoms with Crippen molar-refractivity contribution in [3.63, 3.8) is 0 Å². The van der Waals surface area contributed by atoms with Crippen molar-refractivity contribution in [2.24, 2.45) is 0 Å². The zero-order chi connectivity index (χ0) is 13.6. The highest BCUT2D eigenvalue weighted by Crippen LogP contribution is 2.22. The van der Waals surface area contributed by atoms with Gasteiger partial charge >= 0.3 is 6.36 Å². The summed E-state index contributed by atoms with van der Waals surface area (Å²) in [6.07, 6.45) is -4.55. The van der Waals surface area contributed by atoms with Gasteiger partial charge in [-0.3, -0.25) is 0 Å². The lowest BCUT2D eigenvalue weighted by Gasteiger charge is -2.11. The number of hydrogen-bond acceptors (Lipinski definition) is 3. The summed E-state index contributed by atoms with van der Waals surface area (Å²) in [6, 6.07) is 5.77. The fourth-order valence-electron chi connectivity index (χ4n) is 1.31. The van der Waals surface area contributed by atoms with Crippen LogP contribution >= 0.6 is 0 Å². The van der Waals surface area contributed by atoms with Crippen molar-refractivity contribution in [3.8, 4) is 5.75 Å². The van der Waals surface area contributed by atoms with Crippen molar-refractivity contribution in [2.45, 2.75) is 25.9 Å². The zero-order valence-electron chi connectivity index (χ0n) is 10.3. The SMILES string of the molecule is COC(C)CNCc1ccc(OC(F)(F)F)cc1. The van der Waals surface area contributed by atoms with E-state index in [2.05, 4.69) is 10.1 Å². The molecule has 0 aliphatic heterocycles. The standard InChI is InChI=1S/C12H16F3NO2/c1-9(17-2)7-16-8-10-3-5-11(6-4-10)18-12(13,14)15/h3-6,9,16H,7-8H2,1-2H3. The van der Waals surface area contributed by atoms with Crippen LogP contribution in [0.1, 0.15) is 12.5 Å². The minimum atomic E-state index is -4.65. The quantitative estimate of drug-likeness (QED) is 0.856. The van der Waals surface area contributed by atoms with Gasteiger partial charge in [-0.25, -0.2) is 0 Å². The molecule has 3 nitrogen and oxygen atoms in total. The number of rotatable bonds is 6. The molecule has 1 rings (SSSR count). The number of alkyl halides is 3. The van der Waals surface area contributed by atoms with Gasteiger partial charge in [-0.2, -0.15) is 0 Å². The van der Waals surface area contributed by atoms with E-state index in [1.165, 1.54) is 12.1 Å². The molecule has 0 bridgehead atoms. The third-order valence-corrected chi connectivity index (χ3v) is 2.32. The average Bonchev–Trinajstić information content (AvgIpc) is 2.29. The predicted molar refractivity (Wildman–Crippen MR) is 61.3 cm³/mol. The lowest BCUT2D eigenvalue weighted by molar-refractivity contribution is -0.274. The highest BCUT2D eigenvalue weighted by molar-refractivity contribution is 5.27. The van der Waals surface area contributed by atoms with E-state index in [1.807, 2.05) is 6.92 Å². The highest BCUT2D eigenvalue weighted by Gasteiger charge is 2.30. The second-order valence-electron chi connectivity index (χ2n) is 3.87. The fourth-order valence-corrected chi connectivity index (χ4v) is 1.31. The van der Waals surface area contributed by atoms with Gasteiger partial charge in [0.15, 0.2) is 0 Å². The Hall–Kier alpha value is -1.27. The molecule has 1 aromatic carbocycles. The van der Waals surface area contributed by atoms with Gasteiger partial charge in [-0.15, -0.1) is 13.2 Å². The number of hydrogen-bond donors (Lipinski definition) is 1. The van der Waals surface area contributed by atoms with Crippen LogP contribution in [0.15, 0.2) is 24.3 Å². The molecule has 0 amide bonds. The molecule has 0 saturated heterocycles. The largest absolute Gasteiger partial charge is 0.573 e. The van der Waals surface area contributed by atoms with Crippen molar-refractivity contribution < 1.29 is 22.6 Å².